The van der Waals surface area contributed by atoms with Crippen LogP contribution in [0.4, 0.5) is 5.69 Å². The highest BCUT2D eigenvalue weighted by atomic mass is 35.5. The molecule has 1 aliphatic heterocycles. The number of anilines is 1. The summed E-state index contributed by atoms with van der Waals surface area (Å²) in [5, 5.41) is 11.4. The van der Waals surface area contributed by atoms with Crippen LogP contribution in [0.25, 0.3) is 0 Å². The van der Waals surface area contributed by atoms with Crippen LogP contribution >= 0.6 is 24.8 Å². The van der Waals surface area contributed by atoms with E-state index in [-0.39, 0.29) is 37.0 Å². The second-order valence-electron chi connectivity index (χ2n) is 9.79. The van der Waals surface area contributed by atoms with Gasteiger partial charge >= 0.3 is 0 Å². The minimum absolute atomic E-state index is 0. The zero-order chi connectivity index (χ0) is 24.0. The monoisotopic (exact) mass is 530 g/mol. The van der Waals surface area contributed by atoms with E-state index in [4.69, 9.17) is 4.74 Å². The molecule has 0 bridgehead atoms. The van der Waals surface area contributed by atoms with Crippen molar-refractivity contribution in [3.63, 3.8) is 0 Å². The molecular weight excluding hydrogens is 491 g/mol. The highest BCUT2D eigenvalue weighted by molar-refractivity contribution is 5.85. The third-order valence-corrected chi connectivity index (χ3v) is 6.88. The number of hydrogen-bond acceptors (Lipinski definition) is 4. The van der Waals surface area contributed by atoms with Crippen molar-refractivity contribution in [1.82, 2.24) is 4.90 Å². The van der Waals surface area contributed by atoms with Gasteiger partial charge in [0, 0.05) is 26.7 Å². The molecule has 3 aromatic carbocycles. The Balaban J connectivity index is 0.00000228. The molecule has 1 N–H and O–H groups in total. The summed E-state index contributed by atoms with van der Waals surface area (Å²) < 4.78 is 6.00. The van der Waals surface area contributed by atoms with Gasteiger partial charge in [-0.2, -0.15) is 0 Å². The Bertz CT molecular complexity index is 986. The van der Waals surface area contributed by atoms with Crippen LogP contribution in [0.5, 0.6) is 5.75 Å². The SMILES string of the molecule is CC(C)Oc1ccccc1N(C)CCC1(O)CCN(C(c2ccccc2)c2ccccc2)CC1.Cl.Cl. The molecule has 1 saturated heterocycles. The number of nitrogens with zero attached hydrogens (tertiary/aromatic N) is 2. The molecule has 1 fully saturated rings. The molecule has 0 saturated carbocycles. The summed E-state index contributed by atoms with van der Waals surface area (Å²) in [6.07, 6.45) is 2.43. The van der Waals surface area contributed by atoms with Crippen LogP contribution in [-0.4, -0.2) is 48.4 Å². The van der Waals surface area contributed by atoms with Crippen LogP contribution in [0.3, 0.4) is 0 Å². The van der Waals surface area contributed by atoms with Gasteiger partial charge in [-0.1, -0.05) is 72.8 Å². The average molecular weight is 532 g/mol. The second kappa shape index (κ2) is 13.9. The van der Waals surface area contributed by atoms with E-state index in [9.17, 15) is 5.11 Å². The Morgan fingerprint density at radius 3 is 1.86 bits per heavy atom. The van der Waals surface area contributed by atoms with Crippen molar-refractivity contribution in [1.29, 1.82) is 0 Å². The zero-order valence-corrected chi connectivity index (χ0v) is 23.2. The first-order valence-electron chi connectivity index (χ1n) is 12.5. The Hall–Kier alpha value is -2.24. The van der Waals surface area contributed by atoms with Gasteiger partial charge in [-0.25, -0.2) is 0 Å². The topological polar surface area (TPSA) is 35.9 Å². The van der Waals surface area contributed by atoms with Gasteiger partial charge in [-0.05, 0) is 56.4 Å². The third kappa shape index (κ3) is 7.63. The van der Waals surface area contributed by atoms with Crippen molar-refractivity contribution < 1.29 is 9.84 Å². The summed E-state index contributed by atoms with van der Waals surface area (Å²) in [6.45, 7) is 6.63. The maximum atomic E-state index is 11.4. The first-order valence-corrected chi connectivity index (χ1v) is 12.5. The fourth-order valence-electron chi connectivity index (χ4n) is 4.96. The quantitative estimate of drug-likeness (QED) is 0.331. The first kappa shape index (κ1) is 30.0. The van der Waals surface area contributed by atoms with Crippen molar-refractivity contribution in [2.24, 2.45) is 0 Å². The molecule has 196 valence electrons. The lowest BCUT2D eigenvalue weighted by atomic mass is 9.86. The predicted molar refractivity (Wildman–Crippen MR) is 155 cm³/mol. The Morgan fingerprint density at radius 1 is 0.833 bits per heavy atom. The lowest BCUT2D eigenvalue weighted by Gasteiger charge is -2.42. The number of aliphatic hydroxyl groups is 1. The zero-order valence-electron chi connectivity index (χ0n) is 21.5. The third-order valence-electron chi connectivity index (χ3n) is 6.88. The molecule has 0 amide bonds. The van der Waals surface area contributed by atoms with E-state index in [1.165, 1.54) is 11.1 Å². The van der Waals surface area contributed by atoms with Crippen molar-refractivity contribution in [3.05, 3.63) is 96.1 Å². The van der Waals surface area contributed by atoms with E-state index < -0.39 is 5.60 Å². The average Bonchev–Trinajstić information content (AvgIpc) is 2.85. The fourth-order valence-corrected chi connectivity index (χ4v) is 4.96. The van der Waals surface area contributed by atoms with Gasteiger partial charge in [0.05, 0.1) is 23.4 Å². The summed E-state index contributed by atoms with van der Waals surface area (Å²) in [6, 6.07) is 29.8. The van der Waals surface area contributed by atoms with E-state index >= 15 is 0 Å². The molecule has 1 heterocycles. The van der Waals surface area contributed by atoms with E-state index in [0.29, 0.717) is 0 Å². The van der Waals surface area contributed by atoms with E-state index in [0.717, 1.165) is 50.3 Å². The van der Waals surface area contributed by atoms with E-state index in [1.807, 2.05) is 32.0 Å². The summed E-state index contributed by atoms with van der Waals surface area (Å²) in [4.78, 5) is 4.73. The van der Waals surface area contributed by atoms with Gasteiger partial charge in [-0.15, -0.1) is 24.8 Å². The highest BCUT2D eigenvalue weighted by Crippen LogP contribution is 2.35. The predicted octanol–water partition coefficient (Wildman–Crippen LogP) is 6.76. The van der Waals surface area contributed by atoms with Crippen LogP contribution in [0.2, 0.25) is 0 Å². The molecule has 0 aliphatic carbocycles. The maximum Gasteiger partial charge on any atom is 0.142 e. The number of likely N-dealkylation sites (tertiary alicyclic amines) is 1. The van der Waals surface area contributed by atoms with Crippen LogP contribution < -0.4 is 9.64 Å². The molecule has 0 aromatic heterocycles. The number of piperidine rings is 1. The standard InChI is InChI=1S/C30H38N2O2.2ClH/c1-24(2)34-28-17-11-10-16-27(28)31(3)21-18-30(33)19-22-32(23-20-30)29(25-12-6-4-7-13-25)26-14-8-5-9-15-26;;/h4-17,24,29,33H,18-23H2,1-3H3;2*1H. The molecule has 3 aromatic rings. The smallest absolute Gasteiger partial charge is 0.142 e. The van der Waals surface area contributed by atoms with Crippen molar-refractivity contribution in [2.75, 3.05) is 31.6 Å². The molecule has 0 unspecified atom stereocenters. The van der Waals surface area contributed by atoms with Gasteiger partial charge < -0.3 is 14.7 Å². The molecular formula is C30H40Cl2N2O2. The van der Waals surface area contributed by atoms with Crippen LogP contribution in [0.1, 0.15) is 50.3 Å². The largest absolute Gasteiger partial charge is 0.489 e. The fraction of sp³-hybridized carbons (Fsp3) is 0.400. The molecule has 0 spiro atoms. The van der Waals surface area contributed by atoms with Gasteiger partial charge in [0.2, 0.25) is 0 Å². The number of benzene rings is 3. The number of para-hydroxylation sites is 2. The van der Waals surface area contributed by atoms with Crippen molar-refractivity contribution in [2.45, 2.75) is 50.9 Å². The van der Waals surface area contributed by atoms with Gasteiger partial charge in [-0.3, -0.25) is 4.90 Å². The second-order valence-corrected chi connectivity index (χ2v) is 9.79. The van der Waals surface area contributed by atoms with Gasteiger partial charge in [0.25, 0.3) is 0 Å². The molecule has 6 heteroatoms. The molecule has 4 rings (SSSR count). The van der Waals surface area contributed by atoms with Crippen LogP contribution in [0, 0.1) is 0 Å². The minimum Gasteiger partial charge on any atom is -0.489 e. The Labute approximate surface area is 229 Å². The highest BCUT2D eigenvalue weighted by Gasteiger charge is 2.35. The van der Waals surface area contributed by atoms with E-state index in [1.54, 1.807) is 0 Å². The number of hydrogen-bond donors (Lipinski definition) is 1. The number of rotatable bonds is 9. The number of ether oxygens (including phenoxy) is 1. The lowest BCUT2D eigenvalue weighted by Crippen LogP contribution is -2.47. The molecule has 36 heavy (non-hydrogen) atoms. The van der Waals surface area contributed by atoms with Gasteiger partial charge in [0.15, 0.2) is 0 Å². The van der Waals surface area contributed by atoms with E-state index in [2.05, 4.69) is 83.6 Å². The summed E-state index contributed by atoms with van der Waals surface area (Å²) in [7, 11) is 2.09. The molecule has 0 atom stereocenters. The minimum atomic E-state index is -0.642. The molecule has 1 aliphatic rings. The van der Waals surface area contributed by atoms with Crippen molar-refractivity contribution in [3.8, 4) is 5.75 Å². The summed E-state index contributed by atoms with van der Waals surface area (Å²) in [5.74, 6) is 0.898. The molecule has 4 nitrogen and oxygen atoms in total. The normalized spacial score (nSPS) is 15.2. The Kier molecular flexibility index (Phi) is 11.6. The Morgan fingerprint density at radius 2 is 1.33 bits per heavy atom. The summed E-state index contributed by atoms with van der Waals surface area (Å²) >= 11 is 0. The maximum absolute atomic E-state index is 11.4. The van der Waals surface area contributed by atoms with Gasteiger partial charge in [0.1, 0.15) is 5.75 Å². The molecule has 0 radical (unpaired) electrons. The van der Waals surface area contributed by atoms with Crippen LogP contribution in [0.15, 0.2) is 84.9 Å². The number of halogens is 2. The summed E-state index contributed by atoms with van der Waals surface area (Å²) in [5.41, 5.74) is 3.04. The lowest BCUT2D eigenvalue weighted by molar-refractivity contribution is -0.0321. The van der Waals surface area contributed by atoms with Crippen LogP contribution in [-0.2, 0) is 0 Å². The first-order chi connectivity index (χ1) is 16.5. The van der Waals surface area contributed by atoms with Crippen molar-refractivity contribution >= 4 is 30.5 Å².